The molecule has 3 aromatic carbocycles. The molecule has 1 N–H and O–H groups in total. The van der Waals surface area contributed by atoms with Crippen molar-refractivity contribution in [1.29, 1.82) is 0 Å². The van der Waals surface area contributed by atoms with E-state index < -0.39 is 10.1 Å². The number of rotatable bonds is 5. The molecule has 6 nitrogen and oxygen atoms in total. The summed E-state index contributed by atoms with van der Waals surface area (Å²) in [6.07, 6.45) is 1.51. The number of halogens is 2. The highest BCUT2D eigenvalue weighted by molar-refractivity contribution is 8.18. The van der Waals surface area contributed by atoms with Crippen LogP contribution in [0.5, 0.6) is 5.75 Å². The molecule has 0 atom stereocenters. The van der Waals surface area contributed by atoms with E-state index in [1.54, 1.807) is 42.5 Å². The van der Waals surface area contributed by atoms with Crippen LogP contribution < -0.4 is 9.50 Å². The standard InChI is InChI=1S/C22H14Cl2N2O4S2/c23-15-6-9-17(10-7-15)25-22-26-21(27)20(31-22)13-14-12-16(24)8-11-19(14)30-32(28,29)18-4-2-1-3-5-18/h1-13H,(H,25,26,27)/b20-13-. The third-order valence-corrected chi connectivity index (χ3v) is 6.84. The second-order valence-electron chi connectivity index (χ2n) is 6.49. The zero-order valence-corrected chi connectivity index (χ0v) is 19.3. The Hall–Kier alpha value is -2.78. The zero-order valence-electron chi connectivity index (χ0n) is 16.2. The van der Waals surface area contributed by atoms with E-state index in [0.717, 1.165) is 11.8 Å². The zero-order chi connectivity index (χ0) is 22.7. The lowest BCUT2D eigenvalue weighted by atomic mass is 10.2. The number of amides is 1. The Labute approximate surface area is 199 Å². The number of benzene rings is 3. The lowest BCUT2D eigenvalue weighted by Gasteiger charge is -2.10. The van der Waals surface area contributed by atoms with Gasteiger partial charge in [0.15, 0.2) is 5.17 Å². The Morgan fingerprint density at radius 1 is 0.938 bits per heavy atom. The maximum atomic E-state index is 12.6. The summed E-state index contributed by atoms with van der Waals surface area (Å²) in [6, 6.07) is 19.1. The Bertz CT molecular complexity index is 1340. The molecule has 1 saturated heterocycles. The number of carbonyl (C=O) groups is 1. The Morgan fingerprint density at radius 2 is 1.62 bits per heavy atom. The third kappa shape index (κ3) is 5.34. The van der Waals surface area contributed by atoms with Crippen LogP contribution >= 0.6 is 35.0 Å². The second-order valence-corrected chi connectivity index (χ2v) is 9.94. The number of nitrogens with zero attached hydrogens (tertiary/aromatic N) is 1. The number of thioether (sulfide) groups is 1. The predicted molar refractivity (Wildman–Crippen MR) is 128 cm³/mol. The summed E-state index contributed by atoms with van der Waals surface area (Å²) in [7, 11) is -4.07. The summed E-state index contributed by atoms with van der Waals surface area (Å²) in [5.74, 6) is -0.332. The SMILES string of the molecule is O=C1NC(=Nc2ccc(Cl)cc2)S/C1=C\c1cc(Cl)ccc1OS(=O)(=O)c1ccccc1. The van der Waals surface area contributed by atoms with Gasteiger partial charge in [-0.15, -0.1) is 0 Å². The second kappa shape index (κ2) is 9.38. The molecule has 1 aliphatic rings. The Balaban J connectivity index is 1.63. The molecule has 0 aliphatic carbocycles. The molecule has 0 bridgehead atoms. The maximum absolute atomic E-state index is 12.6. The van der Waals surface area contributed by atoms with Gasteiger partial charge in [0, 0.05) is 15.6 Å². The number of hydrogen-bond acceptors (Lipinski definition) is 6. The van der Waals surface area contributed by atoms with Gasteiger partial charge in [0.05, 0.1) is 10.6 Å². The minimum absolute atomic E-state index is 0.0129. The van der Waals surface area contributed by atoms with E-state index in [-0.39, 0.29) is 16.6 Å². The van der Waals surface area contributed by atoms with Gasteiger partial charge in [0.2, 0.25) is 0 Å². The van der Waals surface area contributed by atoms with Gasteiger partial charge in [-0.25, -0.2) is 4.99 Å². The van der Waals surface area contributed by atoms with Crippen LogP contribution in [0.3, 0.4) is 0 Å². The van der Waals surface area contributed by atoms with Gasteiger partial charge in [0.1, 0.15) is 10.6 Å². The van der Waals surface area contributed by atoms with Crippen LogP contribution in [0.15, 0.2) is 87.6 Å². The Kier molecular flexibility index (Phi) is 6.57. The molecule has 0 unspecified atom stereocenters. The van der Waals surface area contributed by atoms with Crippen LogP contribution in [0, 0.1) is 0 Å². The molecule has 1 amide bonds. The van der Waals surface area contributed by atoms with Gasteiger partial charge in [0.25, 0.3) is 5.91 Å². The summed E-state index contributed by atoms with van der Waals surface area (Å²) in [5, 5.41) is 4.00. The van der Waals surface area contributed by atoms with Crippen LogP contribution in [-0.4, -0.2) is 19.5 Å². The van der Waals surface area contributed by atoms with Gasteiger partial charge < -0.3 is 9.50 Å². The minimum Gasteiger partial charge on any atom is -0.378 e. The highest BCUT2D eigenvalue weighted by Crippen LogP contribution is 2.33. The monoisotopic (exact) mass is 504 g/mol. The maximum Gasteiger partial charge on any atom is 0.339 e. The highest BCUT2D eigenvalue weighted by atomic mass is 35.5. The molecule has 0 aromatic heterocycles. The van der Waals surface area contributed by atoms with E-state index in [1.807, 2.05) is 0 Å². The first-order valence-electron chi connectivity index (χ1n) is 9.14. The predicted octanol–water partition coefficient (Wildman–Crippen LogP) is 5.65. The molecule has 1 fully saturated rings. The molecule has 0 saturated carbocycles. The molecule has 162 valence electrons. The molecule has 4 rings (SSSR count). The average Bonchev–Trinajstić information content (AvgIpc) is 3.11. The van der Waals surface area contributed by atoms with Crippen LogP contribution in [0.25, 0.3) is 6.08 Å². The molecule has 0 spiro atoms. The first-order valence-corrected chi connectivity index (χ1v) is 12.1. The third-order valence-electron chi connectivity index (χ3n) is 4.20. The summed E-state index contributed by atoms with van der Waals surface area (Å²) in [4.78, 5) is 17.1. The number of nitrogens with one attached hydrogen (secondary N) is 1. The van der Waals surface area contributed by atoms with E-state index in [9.17, 15) is 13.2 Å². The first-order chi connectivity index (χ1) is 15.3. The number of hydrogen-bond donors (Lipinski definition) is 1. The fourth-order valence-corrected chi connectivity index (χ4v) is 4.83. The number of aliphatic imine (C=N–C) groups is 1. The molecule has 10 heteroatoms. The van der Waals surface area contributed by atoms with Crippen molar-refractivity contribution in [2.75, 3.05) is 0 Å². The summed E-state index contributed by atoms with van der Waals surface area (Å²) in [5.41, 5.74) is 0.960. The molecular weight excluding hydrogens is 491 g/mol. The minimum atomic E-state index is -4.07. The van der Waals surface area contributed by atoms with E-state index >= 15 is 0 Å². The topological polar surface area (TPSA) is 84.8 Å². The van der Waals surface area contributed by atoms with Gasteiger partial charge >= 0.3 is 10.1 Å². The van der Waals surface area contributed by atoms with Crippen LogP contribution in [0.4, 0.5) is 5.69 Å². The summed E-state index contributed by atoms with van der Waals surface area (Å²) < 4.78 is 30.6. The van der Waals surface area contributed by atoms with E-state index in [1.165, 1.54) is 36.4 Å². The van der Waals surface area contributed by atoms with Crippen molar-refractivity contribution in [2.24, 2.45) is 4.99 Å². The Morgan fingerprint density at radius 3 is 2.34 bits per heavy atom. The molecule has 1 aliphatic heterocycles. The quantitative estimate of drug-likeness (QED) is 0.358. The molecule has 3 aromatic rings. The van der Waals surface area contributed by atoms with Crippen molar-refractivity contribution >= 4 is 67.9 Å². The van der Waals surface area contributed by atoms with Crippen molar-refractivity contribution in [3.63, 3.8) is 0 Å². The van der Waals surface area contributed by atoms with Gasteiger partial charge in [-0.3, -0.25) is 4.79 Å². The van der Waals surface area contributed by atoms with Crippen molar-refractivity contribution in [3.05, 3.63) is 93.3 Å². The first kappa shape index (κ1) is 22.4. The summed E-state index contributed by atoms with van der Waals surface area (Å²) >= 11 is 13.1. The van der Waals surface area contributed by atoms with E-state index in [4.69, 9.17) is 27.4 Å². The molecule has 32 heavy (non-hydrogen) atoms. The van der Waals surface area contributed by atoms with Gasteiger partial charge in [-0.05, 0) is 72.4 Å². The van der Waals surface area contributed by atoms with Crippen LogP contribution in [-0.2, 0) is 14.9 Å². The lowest BCUT2D eigenvalue weighted by Crippen LogP contribution is -2.19. The molecule has 1 heterocycles. The van der Waals surface area contributed by atoms with E-state index in [2.05, 4.69) is 10.3 Å². The van der Waals surface area contributed by atoms with Crippen LogP contribution in [0.1, 0.15) is 5.56 Å². The molecular formula is C22H14Cl2N2O4S2. The van der Waals surface area contributed by atoms with Crippen molar-refractivity contribution in [1.82, 2.24) is 5.32 Å². The van der Waals surface area contributed by atoms with Gasteiger partial charge in [-0.2, -0.15) is 8.42 Å². The number of amidine groups is 1. The van der Waals surface area contributed by atoms with Crippen LogP contribution in [0.2, 0.25) is 10.0 Å². The van der Waals surface area contributed by atoms with Crippen molar-refractivity contribution in [2.45, 2.75) is 4.90 Å². The average molecular weight is 505 g/mol. The fourth-order valence-electron chi connectivity index (χ4n) is 2.72. The van der Waals surface area contributed by atoms with E-state index in [0.29, 0.717) is 31.4 Å². The van der Waals surface area contributed by atoms with Crippen molar-refractivity contribution < 1.29 is 17.4 Å². The highest BCUT2D eigenvalue weighted by Gasteiger charge is 2.25. The summed E-state index contributed by atoms with van der Waals surface area (Å²) in [6.45, 7) is 0. The molecule has 0 radical (unpaired) electrons. The van der Waals surface area contributed by atoms with Gasteiger partial charge in [-0.1, -0.05) is 41.4 Å². The normalized spacial score (nSPS) is 16.4. The smallest absolute Gasteiger partial charge is 0.339 e. The largest absolute Gasteiger partial charge is 0.378 e. The number of carbonyl (C=O) groups excluding carboxylic acids is 1. The lowest BCUT2D eigenvalue weighted by molar-refractivity contribution is -0.115. The fraction of sp³-hybridized carbons (Fsp3) is 0. The van der Waals surface area contributed by atoms with Crippen molar-refractivity contribution in [3.8, 4) is 5.75 Å².